The Bertz CT molecular complexity index is 565. The third kappa shape index (κ3) is 2.61. The van der Waals surface area contributed by atoms with E-state index in [1.165, 1.54) is 24.0 Å². The minimum atomic E-state index is 0.280. The van der Waals surface area contributed by atoms with Gasteiger partial charge in [0, 0.05) is 18.3 Å². The monoisotopic (exact) mass is 266 g/mol. The van der Waals surface area contributed by atoms with Gasteiger partial charge in [-0.15, -0.1) is 0 Å². The molecule has 2 unspecified atom stereocenters. The van der Waals surface area contributed by atoms with E-state index >= 15 is 0 Å². The summed E-state index contributed by atoms with van der Waals surface area (Å²) in [6.45, 7) is 4.53. The summed E-state index contributed by atoms with van der Waals surface area (Å²) in [5.74, 6) is 0.675. The predicted molar refractivity (Wildman–Crippen MR) is 82.6 cm³/mol. The van der Waals surface area contributed by atoms with Crippen molar-refractivity contribution in [3.8, 4) is 0 Å². The van der Waals surface area contributed by atoms with E-state index in [2.05, 4.69) is 60.5 Å². The molecule has 3 rings (SSSR count). The van der Waals surface area contributed by atoms with Gasteiger partial charge in [-0.3, -0.25) is 4.98 Å². The summed E-state index contributed by atoms with van der Waals surface area (Å²) in [7, 11) is 0. The quantitative estimate of drug-likeness (QED) is 0.892. The van der Waals surface area contributed by atoms with E-state index in [4.69, 9.17) is 0 Å². The van der Waals surface area contributed by atoms with Crippen molar-refractivity contribution >= 4 is 0 Å². The van der Waals surface area contributed by atoms with Crippen molar-refractivity contribution in [2.24, 2.45) is 0 Å². The van der Waals surface area contributed by atoms with Crippen molar-refractivity contribution in [2.45, 2.75) is 44.7 Å². The lowest BCUT2D eigenvalue weighted by atomic mass is 9.81. The van der Waals surface area contributed by atoms with Crippen LogP contribution in [0.1, 0.15) is 61.5 Å². The van der Waals surface area contributed by atoms with E-state index in [-0.39, 0.29) is 6.04 Å². The van der Waals surface area contributed by atoms with Crippen LogP contribution < -0.4 is 5.32 Å². The minimum Gasteiger partial charge on any atom is -0.302 e. The first kappa shape index (κ1) is 13.3. The van der Waals surface area contributed by atoms with Crippen molar-refractivity contribution in [3.05, 3.63) is 65.5 Å². The molecule has 0 bridgehead atoms. The minimum absolute atomic E-state index is 0.280. The highest BCUT2D eigenvalue weighted by Gasteiger charge is 2.25. The predicted octanol–water partition coefficient (Wildman–Crippen LogP) is 4.37. The third-order valence-corrected chi connectivity index (χ3v) is 4.37. The van der Waals surface area contributed by atoms with Crippen molar-refractivity contribution in [1.82, 2.24) is 10.3 Å². The summed E-state index contributed by atoms with van der Waals surface area (Å²) in [4.78, 5) is 4.45. The maximum Gasteiger partial charge on any atom is 0.0570 e. The summed E-state index contributed by atoms with van der Waals surface area (Å²) in [5, 5.41) is 3.75. The van der Waals surface area contributed by atoms with Crippen molar-refractivity contribution in [2.75, 3.05) is 0 Å². The van der Waals surface area contributed by atoms with Gasteiger partial charge in [0.2, 0.25) is 0 Å². The fourth-order valence-corrected chi connectivity index (χ4v) is 3.20. The SMILES string of the molecule is CC1CCC(N[C@H](C)c2ccccn2)c2ccccc21. The average molecular weight is 266 g/mol. The highest BCUT2D eigenvalue weighted by molar-refractivity contribution is 5.35. The Morgan fingerprint density at radius 3 is 2.55 bits per heavy atom. The second-order valence-electron chi connectivity index (χ2n) is 5.80. The molecule has 2 nitrogen and oxygen atoms in total. The fraction of sp³-hybridized carbons (Fsp3) is 0.389. The summed E-state index contributed by atoms with van der Waals surface area (Å²) < 4.78 is 0. The lowest BCUT2D eigenvalue weighted by Gasteiger charge is -2.32. The van der Waals surface area contributed by atoms with Crippen LogP contribution in [0.25, 0.3) is 0 Å². The Morgan fingerprint density at radius 2 is 1.80 bits per heavy atom. The fourth-order valence-electron chi connectivity index (χ4n) is 3.20. The van der Waals surface area contributed by atoms with Crippen LogP contribution in [0.4, 0.5) is 0 Å². The molecule has 20 heavy (non-hydrogen) atoms. The van der Waals surface area contributed by atoms with Crippen molar-refractivity contribution < 1.29 is 0 Å². The van der Waals surface area contributed by atoms with E-state index in [9.17, 15) is 0 Å². The number of benzene rings is 1. The number of rotatable bonds is 3. The molecule has 2 aromatic rings. The molecule has 0 amide bonds. The van der Waals surface area contributed by atoms with Gasteiger partial charge < -0.3 is 5.32 Å². The largest absolute Gasteiger partial charge is 0.302 e. The second kappa shape index (κ2) is 5.76. The van der Waals surface area contributed by atoms with Gasteiger partial charge in [-0.1, -0.05) is 37.3 Å². The van der Waals surface area contributed by atoms with Crippen LogP contribution in [0.3, 0.4) is 0 Å². The molecule has 0 spiro atoms. The van der Waals surface area contributed by atoms with Gasteiger partial charge in [0.25, 0.3) is 0 Å². The van der Waals surface area contributed by atoms with Gasteiger partial charge in [-0.2, -0.15) is 0 Å². The number of hydrogen-bond donors (Lipinski definition) is 1. The maximum atomic E-state index is 4.45. The standard InChI is InChI=1S/C18H22N2/c1-13-10-11-18(16-8-4-3-7-15(13)16)20-14(2)17-9-5-6-12-19-17/h3-9,12-14,18,20H,10-11H2,1-2H3/t13?,14-,18?/m1/s1. The molecule has 1 aromatic heterocycles. The normalized spacial score (nSPS) is 23.1. The zero-order chi connectivity index (χ0) is 13.9. The molecular weight excluding hydrogens is 244 g/mol. The molecule has 1 N–H and O–H groups in total. The highest BCUT2D eigenvalue weighted by Crippen LogP contribution is 2.37. The first-order valence-electron chi connectivity index (χ1n) is 7.51. The van der Waals surface area contributed by atoms with Gasteiger partial charge in [0.1, 0.15) is 0 Å². The number of fused-ring (bicyclic) bond motifs is 1. The van der Waals surface area contributed by atoms with Gasteiger partial charge >= 0.3 is 0 Å². The van der Waals surface area contributed by atoms with E-state index in [0.29, 0.717) is 12.0 Å². The summed E-state index contributed by atoms with van der Waals surface area (Å²) in [5.41, 5.74) is 4.09. The van der Waals surface area contributed by atoms with Crippen LogP contribution in [0.2, 0.25) is 0 Å². The maximum absolute atomic E-state index is 4.45. The first-order valence-corrected chi connectivity index (χ1v) is 7.51. The highest BCUT2D eigenvalue weighted by atomic mass is 15.0. The molecule has 0 radical (unpaired) electrons. The first-order chi connectivity index (χ1) is 9.75. The Hall–Kier alpha value is -1.67. The lowest BCUT2D eigenvalue weighted by Crippen LogP contribution is -2.29. The Balaban J connectivity index is 1.81. The molecule has 3 atom stereocenters. The number of aromatic nitrogens is 1. The number of nitrogens with zero attached hydrogens (tertiary/aromatic N) is 1. The molecule has 1 aliphatic rings. The Morgan fingerprint density at radius 1 is 1.05 bits per heavy atom. The van der Waals surface area contributed by atoms with E-state index in [0.717, 1.165) is 5.69 Å². The number of pyridine rings is 1. The molecular formula is C18H22N2. The topological polar surface area (TPSA) is 24.9 Å². The van der Waals surface area contributed by atoms with Crippen LogP contribution in [-0.4, -0.2) is 4.98 Å². The molecule has 1 heterocycles. The van der Waals surface area contributed by atoms with Gasteiger partial charge in [-0.05, 0) is 48.9 Å². The molecule has 104 valence electrons. The smallest absolute Gasteiger partial charge is 0.0570 e. The number of hydrogen-bond acceptors (Lipinski definition) is 2. The van der Waals surface area contributed by atoms with Crippen molar-refractivity contribution in [3.63, 3.8) is 0 Å². The lowest BCUT2D eigenvalue weighted by molar-refractivity contribution is 0.392. The zero-order valence-electron chi connectivity index (χ0n) is 12.2. The summed E-state index contributed by atoms with van der Waals surface area (Å²) in [6.07, 6.45) is 4.32. The van der Waals surface area contributed by atoms with E-state index in [1.807, 2.05) is 12.3 Å². The van der Waals surface area contributed by atoms with E-state index < -0.39 is 0 Å². The van der Waals surface area contributed by atoms with Crippen molar-refractivity contribution in [1.29, 1.82) is 0 Å². The van der Waals surface area contributed by atoms with Gasteiger partial charge in [0.15, 0.2) is 0 Å². The van der Waals surface area contributed by atoms with Gasteiger partial charge in [0.05, 0.1) is 5.69 Å². The van der Waals surface area contributed by atoms with Crippen LogP contribution in [-0.2, 0) is 0 Å². The molecule has 0 saturated carbocycles. The summed E-state index contributed by atoms with van der Waals surface area (Å²) >= 11 is 0. The molecule has 2 heteroatoms. The molecule has 0 fully saturated rings. The molecule has 0 saturated heterocycles. The molecule has 1 aliphatic carbocycles. The third-order valence-electron chi connectivity index (χ3n) is 4.37. The molecule has 0 aliphatic heterocycles. The van der Waals surface area contributed by atoms with Crippen LogP contribution in [0, 0.1) is 0 Å². The van der Waals surface area contributed by atoms with E-state index in [1.54, 1.807) is 0 Å². The second-order valence-corrected chi connectivity index (χ2v) is 5.80. The molecule has 1 aromatic carbocycles. The van der Waals surface area contributed by atoms with Gasteiger partial charge in [-0.25, -0.2) is 0 Å². The Labute approximate surface area is 121 Å². The Kier molecular flexibility index (Phi) is 3.83. The zero-order valence-corrected chi connectivity index (χ0v) is 12.2. The summed E-state index contributed by atoms with van der Waals surface area (Å²) in [6, 6.07) is 15.7. The number of nitrogens with one attached hydrogen (secondary N) is 1. The van der Waals surface area contributed by atoms with Crippen LogP contribution >= 0.6 is 0 Å². The van der Waals surface area contributed by atoms with Crippen LogP contribution in [0.5, 0.6) is 0 Å². The average Bonchev–Trinajstić information content (AvgIpc) is 2.51. The van der Waals surface area contributed by atoms with Crippen LogP contribution in [0.15, 0.2) is 48.7 Å².